The van der Waals surface area contributed by atoms with Crippen molar-refractivity contribution < 1.29 is 8.78 Å². The fourth-order valence-electron chi connectivity index (χ4n) is 1.65. The number of anilines is 1. The molecule has 0 spiro atoms. The van der Waals surface area contributed by atoms with Crippen molar-refractivity contribution in [3.8, 4) is 0 Å². The second-order valence-electron chi connectivity index (χ2n) is 3.48. The van der Waals surface area contributed by atoms with Crippen LogP contribution in [0.25, 0.3) is 0 Å². The molecule has 0 radical (unpaired) electrons. The lowest BCUT2D eigenvalue weighted by atomic mass is 10.3. The average molecular weight is 262 g/mol. The first-order valence-electron chi connectivity index (χ1n) is 4.46. The van der Waals surface area contributed by atoms with Gasteiger partial charge in [-0.25, -0.2) is 8.78 Å². The Morgan fingerprint density at radius 2 is 2.00 bits per heavy atom. The Kier molecular flexibility index (Phi) is 2.47. The Bertz CT molecular complexity index is 341. The molecule has 2 rings (SSSR count). The molecule has 4 heteroatoms. The lowest BCUT2D eigenvalue weighted by Gasteiger charge is -2.19. The first-order valence-corrected chi connectivity index (χ1v) is 5.25. The molecule has 1 saturated heterocycles. The maximum absolute atomic E-state index is 13.0. The van der Waals surface area contributed by atoms with Crippen LogP contribution in [-0.2, 0) is 0 Å². The van der Waals surface area contributed by atoms with E-state index in [1.807, 2.05) is 24.3 Å². The molecule has 0 bridgehead atoms. The van der Waals surface area contributed by atoms with Gasteiger partial charge in [-0.2, -0.15) is 0 Å². The van der Waals surface area contributed by atoms with E-state index < -0.39 is 5.92 Å². The quantitative estimate of drug-likeness (QED) is 0.750. The zero-order valence-corrected chi connectivity index (χ0v) is 9.10. The number of hydrogen-bond donors (Lipinski definition) is 0. The Labute approximate surface area is 89.8 Å². The molecule has 1 heterocycles. The molecule has 0 N–H and O–H groups in total. The smallest absolute Gasteiger partial charge is 0.266 e. The number of para-hydroxylation sites is 1. The highest BCUT2D eigenvalue weighted by Crippen LogP contribution is 2.34. The van der Waals surface area contributed by atoms with E-state index in [1.54, 1.807) is 4.90 Å². The lowest BCUT2D eigenvalue weighted by Crippen LogP contribution is -2.24. The van der Waals surface area contributed by atoms with Crippen molar-refractivity contribution in [2.75, 3.05) is 18.0 Å². The van der Waals surface area contributed by atoms with E-state index in [4.69, 9.17) is 0 Å². The molecule has 1 aromatic rings. The standard InChI is InChI=1S/C10H10BrF2N/c11-8-3-1-2-4-9(8)14-6-5-10(12,13)7-14/h1-4H,5-7H2. The van der Waals surface area contributed by atoms with Crippen LogP contribution in [0.3, 0.4) is 0 Å². The van der Waals surface area contributed by atoms with Crippen LogP contribution in [0.1, 0.15) is 6.42 Å². The number of rotatable bonds is 1. The Balaban J connectivity index is 2.22. The maximum Gasteiger partial charge on any atom is 0.266 e. The highest BCUT2D eigenvalue weighted by atomic mass is 79.9. The third-order valence-corrected chi connectivity index (χ3v) is 3.03. The summed E-state index contributed by atoms with van der Waals surface area (Å²) in [5.74, 6) is -2.53. The largest absolute Gasteiger partial charge is 0.364 e. The summed E-state index contributed by atoms with van der Waals surface area (Å²) < 4.78 is 26.8. The molecule has 1 aliphatic heterocycles. The van der Waals surface area contributed by atoms with Crippen molar-refractivity contribution >= 4 is 21.6 Å². The molecule has 0 amide bonds. The fraction of sp³-hybridized carbons (Fsp3) is 0.400. The van der Waals surface area contributed by atoms with E-state index in [1.165, 1.54) is 0 Å². The van der Waals surface area contributed by atoms with Crippen molar-refractivity contribution in [2.24, 2.45) is 0 Å². The Morgan fingerprint density at radius 1 is 1.29 bits per heavy atom. The first-order chi connectivity index (χ1) is 6.58. The van der Waals surface area contributed by atoms with Crippen LogP contribution in [-0.4, -0.2) is 19.0 Å². The lowest BCUT2D eigenvalue weighted by molar-refractivity contribution is 0.0257. The summed E-state index contributed by atoms with van der Waals surface area (Å²) in [5.41, 5.74) is 0.852. The summed E-state index contributed by atoms with van der Waals surface area (Å²) in [6, 6.07) is 7.45. The predicted molar refractivity (Wildman–Crippen MR) is 55.9 cm³/mol. The zero-order valence-electron chi connectivity index (χ0n) is 7.51. The first kappa shape index (κ1) is 9.90. The molecule has 1 nitrogen and oxygen atoms in total. The van der Waals surface area contributed by atoms with Crippen LogP contribution in [0.2, 0.25) is 0 Å². The molecule has 0 aromatic heterocycles. The topological polar surface area (TPSA) is 3.24 Å². The van der Waals surface area contributed by atoms with Gasteiger partial charge in [-0.3, -0.25) is 0 Å². The predicted octanol–water partition coefficient (Wildman–Crippen LogP) is 3.29. The third-order valence-electron chi connectivity index (χ3n) is 2.36. The van der Waals surface area contributed by atoms with E-state index in [9.17, 15) is 8.78 Å². The zero-order chi connectivity index (χ0) is 10.2. The van der Waals surface area contributed by atoms with Gasteiger partial charge in [0, 0.05) is 17.4 Å². The maximum atomic E-state index is 13.0. The number of nitrogens with zero attached hydrogens (tertiary/aromatic N) is 1. The molecule has 0 aliphatic carbocycles. The van der Waals surface area contributed by atoms with Crippen LogP contribution in [0, 0.1) is 0 Å². The van der Waals surface area contributed by atoms with Crippen LogP contribution in [0.4, 0.5) is 14.5 Å². The monoisotopic (exact) mass is 261 g/mol. The van der Waals surface area contributed by atoms with Crippen molar-refractivity contribution in [1.82, 2.24) is 0 Å². The summed E-state index contributed by atoms with van der Waals surface area (Å²) in [6.45, 7) is 0.255. The summed E-state index contributed by atoms with van der Waals surface area (Å²) in [6.07, 6.45) is -0.0473. The van der Waals surface area contributed by atoms with Crippen LogP contribution in [0.5, 0.6) is 0 Å². The normalized spacial score (nSPS) is 20.1. The van der Waals surface area contributed by atoms with Gasteiger partial charge in [-0.15, -0.1) is 0 Å². The van der Waals surface area contributed by atoms with E-state index >= 15 is 0 Å². The van der Waals surface area contributed by atoms with Crippen LogP contribution >= 0.6 is 15.9 Å². The molecule has 14 heavy (non-hydrogen) atoms. The van der Waals surface area contributed by atoms with Crippen molar-refractivity contribution in [2.45, 2.75) is 12.3 Å². The van der Waals surface area contributed by atoms with Gasteiger partial charge in [-0.05, 0) is 28.1 Å². The van der Waals surface area contributed by atoms with Gasteiger partial charge in [0.25, 0.3) is 5.92 Å². The van der Waals surface area contributed by atoms with E-state index in [2.05, 4.69) is 15.9 Å². The second-order valence-corrected chi connectivity index (χ2v) is 4.33. The van der Waals surface area contributed by atoms with Crippen molar-refractivity contribution in [3.63, 3.8) is 0 Å². The van der Waals surface area contributed by atoms with Crippen molar-refractivity contribution in [1.29, 1.82) is 0 Å². The van der Waals surface area contributed by atoms with Gasteiger partial charge in [0.05, 0.1) is 12.2 Å². The van der Waals surface area contributed by atoms with Crippen molar-refractivity contribution in [3.05, 3.63) is 28.7 Å². The van der Waals surface area contributed by atoms with Gasteiger partial charge >= 0.3 is 0 Å². The molecule has 76 valence electrons. The SMILES string of the molecule is FC1(F)CCN(c2ccccc2Br)C1. The van der Waals surface area contributed by atoms with E-state index in [-0.39, 0.29) is 13.0 Å². The van der Waals surface area contributed by atoms with Gasteiger partial charge in [0.15, 0.2) is 0 Å². The van der Waals surface area contributed by atoms with E-state index in [0.717, 1.165) is 10.2 Å². The van der Waals surface area contributed by atoms with Crippen LogP contribution < -0.4 is 4.90 Å². The van der Waals surface area contributed by atoms with Crippen LogP contribution in [0.15, 0.2) is 28.7 Å². The Morgan fingerprint density at radius 3 is 2.57 bits per heavy atom. The highest BCUT2D eigenvalue weighted by Gasteiger charge is 2.38. The minimum absolute atomic E-state index is 0.0473. The molecule has 1 fully saturated rings. The van der Waals surface area contributed by atoms with E-state index in [0.29, 0.717) is 6.54 Å². The molecule has 1 aliphatic rings. The summed E-state index contributed by atoms with van der Waals surface area (Å²) in [5, 5.41) is 0. The number of halogens is 3. The molecule has 1 aromatic carbocycles. The second kappa shape index (κ2) is 3.50. The summed E-state index contributed by atoms with van der Waals surface area (Å²) in [4.78, 5) is 1.71. The summed E-state index contributed by atoms with van der Waals surface area (Å²) >= 11 is 3.36. The van der Waals surface area contributed by atoms with Gasteiger partial charge in [-0.1, -0.05) is 12.1 Å². The van der Waals surface area contributed by atoms with Gasteiger partial charge in [0.2, 0.25) is 0 Å². The Hall–Kier alpha value is -0.640. The minimum atomic E-state index is -2.53. The number of hydrogen-bond acceptors (Lipinski definition) is 1. The molecule has 0 unspecified atom stereocenters. The fourth-order valence-corrected chi connectivity index (χ4v) is 2.19. The molecule has 0 saturated carbocycles. The average Bonchev–Trinajstić information content (AvgIpc) is 2.47. The number of alkyl halides is 2. The highest BCUT2D eigenvalue weighted by molar-refractivity contribution is 9.10. The molecule has 0 atom stereocenters. The third kappa shape index (κ3) is 1.90. The van der Waals surface area contributed by atoms with Gasteiger partial charge < -0.3 is 4.90 Å². The molecular weight excluding hydrogens is 252 g/mol. The summed E-state index contributed by atoms with van der Waals surface area (Å²) in [7, 11) is 0. The molecular formula is C10H10BrF2N. The van der Waals surface area contributed by atoms with Gasteiger partial charge in [0.1, 0.15) is 0 Å². The number of benzene rings is 1. The minimum Gasteiger partial charge on any atom is -0.364 e.